The van der Waals surface area contributed by atoms with Crippen LogP contribution in [0.5, 0.6) is 0 Å². The van der Waals surface area contributed by atoms with E-state index in [4.69, 9.17) is 0 Å². The summed E-state index contributed by atoms with van der Waals surface area (Å²) in [5.74, 6) is -0.502. The third-order valence-corrected chi connectivity index (χ3v) is 3.86. The van der Waals surface area contributed by atoms with Crippen molar-refractivity contribution < 1.29 is 9.59 Å². The highest BCUT2D eigenvalue weighted by molar-refractivity contribution is 6.05. The fourth-order valence-electron chi connectivity index (χ4n) is 2.47. The normalized spacial score (nSPS) is 10.6. The Balaban J connectivity index is 1.64. The maximum absolute atomic E-state index is 12.4. The quantitative estimate of drug-likeness (QED) is 0.737. The van der Waals surface area contributed by atoms with E-state index in [-0.39, 0.29) is 11.8 Å². The van der Waals surface area contributed by atoms with Gasteiger partial charge in [-0.25, -0.2) is 0 Å². The lowest BCUT2D eigenvalue weighted by atomic mass is 10.2. The van der Waals surface area contributed by atoms with Gasteiger partial charge in [0.2, 0.25) is 0 Å². The van der Waals surface area contributed by atoms with E-state index in [1.807, 2.05) is 6.92 Å². The van der Waals surface area contributed by atoms with E-state index < -0.39 is 0 Å². The molecule has 0 saturated carbocycles. The predicted octanol–water partition coefficient (Wildman–Crippen LogP) is 2.45. The molecule has 0 bridgehead atoms. The Bertz CT molecular complexity index is 939. The van der Waals surface area contributed by atoms with Crippen LogP contribution in [-0.2, 0) is 13.6 Å². The molecule has 0 radical (unpaired) electrons. The molecule has 2 heterocycles. The molecule has 0 aliphatic rings. The average Bonchev–Trinajstić information content (AvgIpc) is 3.22. The van der Waals surface area contributed by atoms with Crippen LogP contribution in [0.25, 0.3) is 0 Å². The highest BCUT2D eigenvalue weighted by atomic mass is 16.2. The Morgan fingerprint density at radius 1 is 1.00 bits per heavy atom. The third kappa shape index (κ3) is 3.80. The van der Waals surface area contributed by atoms with Crippen molar-refractivity contribution in [2.75, 3.05) is 10.6 Å². The standard InChI is InChI=1S/C18H20N6O2/c1-4-24-11-15(12(2)21-24)17(25)19-13-5-7-14(8-6-13)20-18(26)16-9-10-23(3)22-16/h5-11H,4H2,1-3H3,(H,19,25)(H,20,26). The number of nitrogens with zero attached hydrogens (tertiary/aromatic N) is 4. The second kappa shape index (κ2) is 7.22. The average molecular weight is 352 g/mol. The summed E-state index contributed by atoms with van der Waals surface area (Å²) in [4.78, 5) is 24.4. The number of aromatic nitrogens is 4. The first-order valence-electron chi connectivity index (χ1n) is 8.22. The number of aryl methyl sites for hydroxylation is 3. The minimum absolute atomic E-state index is 0.215. The lowest BCUT2D eigenvalue weighted by Gasteiger charge is -2.07. The molecule has 0 aliphatic carbocycles. The predicted molar refractivity (Wildman–Crippen MR) is 98.2 cm³/mol. The summed E-state index contributed by atoms with van der Waals surface area (Å²) in [6.45, 7) is 4.47. The monoisotopic (exact) mass is 352 g/mol. The van der Waals surface area contributed by atoms with Crippen molar-refractivity contribution in [1.29, 1.82) is 0 Å². The van der Waals surface area contributed by atoms with E-state index in [1.54, 1.807) is 66.1 Å². The zero-order valence-corrected chi connectivity index (χ0v) is 14.9. The summed E-state index contributed by atoms with van der Waals surface area (Å²) < 4.78 is 3.29. The lowest BCUT2D eigenvalue weighted by molar-refractivity contribution is 0.101. The van der Waals surface area contributed by atoms with Gasteiger partial charge in [-0.1, -0.05) is 0 Å². The van der Waals surface area contributed by atoms with Crippen LogP contribution in [0.3, 0.4) is 0 Å². The van der Waals surface area contributed by atoms with E-state index >= 15 is 0 Å². The molecule has 0 fully saturated rings. The Morgan fingerprint density at radius 3 is 2.12 bits per heavy atom. The van der Waals surface area contributed by atoms with Crippen LogP contribution < -0.4 is 10.6 Å². The molecule has 2 amide bonds. The molecule has 0 aliphatic heterocycles. The molecule has 0 unspecified atom stereocenters. The van der Waals surface area contributed by atoms with Crippen molar-refractivity contribution >= 4 is 23.2 Å². The van der Waals surface area contributed by atoms with E-state index in [0.29, 0.717) is 34.9 Å². The maximum Gasteiger partial charge on any atom is 0.276 e. The molecule has 1 aromatic carbocycles. The topological polar surface area (TPSA) is 93.8 Å². The number of amides is 2. The smallest absolute Gasteiger partial charge is 0.276 e. The minimum atomic E-state index is -0.287. The Labute approximate surface area is 150 Å². The van der Waals surface area contributed by atoms with Gasteiger partial charge in [0, 0.05) is 37.4 Å². The lowest BCUT2D eigenvalue weighted by Crippen LogP contribution is -2.14. The SMILES string of the molecule is CCn1cc(C(=O)Nc2ccc(NC(=O)c3ccn(C)n3)cc2)c(C)n1. The molecule has 2 N–H and O–H groups in total. The summed E-state index contributed by atoms with van der Waals surface area (Å²) in [5, 5.41) is 13.9. The van der Waals surface area contributed by atoms with E-state index in [9.17, 15) is 9.59 Å². The summed E-state index contributed by atoms with van der Waals surface area (Å²) in [5.41, 5.74) is 2.82. The maximum atomic E-state index is 12.4. The summed E-state index contributed by atoms with van der Waals surface area (Å²) >= 11 is 0. The van der Waals surface area contributed by atoms with Crippen molar-refractivity contribution in [2.24, 2.45) is 7.05 Å². The van der Waals surface area contributed by atoms with Gasteiger partial charge < -0.3 is 10.6 Å². The van der Waals surface area contributed by atoms with Crippen molar-refractivity contribution in [1.82, 2.24) is 19.6 Å². The zero-order chi connectivity index (χ0) is 18.7. The van der Waals surface area contributed by atoms with Gasteiger partial charge in [0.15, 0.2) is 5.69 Å². The van der Waals surface area contributed by atoms with E-state index in [2.05, 4.69) is 20.8 Å². The third-order valence-electron chi connectivity index (χ3n) is 3.86. The second-order valence-electron chi connectivity index (χ2n) is 5.84. The number of benzene rings is 1. The first-order valence-corrected chi connectivity index (χ1v) is 8.22. The largest absolute Gasteiger partial charge is 0.322 e. The molecular formula is C18H20N6O2. The van der Waals surface area contributed by atoms with Crippen LogP contribution in [0.4, 0.5) is 11.4 Å². The molecule has 3 rings (SSSR count). The van der Waals surface area contributed by atoms with Crippen LogP contribution in [-0.4, -0.2) is 31.4 Å². The molecule has 8 heteroatoms. The summed E-state index contributed by atoms with van der Waals surface area (Å²) in [6.07, 6.45) is 3.43. The van der Waals surface area contributed by atoms with E-state index in [0.717, 1.165) is 0 Å². The van der Waals surface area contributed by atoms with Crippen molar-refractivity contribution in [2.45, 2.75) is 20.4 Å². The molecular weight excluding hydrogens is 332 g/mol. The molecule has 26 heavy (non-hydrogen) atoms. The van der Waals surface area contributed by atoms with Crippen LogP contribution in [0.1, 0.15) is 33.5 Å². The molecule has 0 spiro atoms. The molecule has 3 aromatic rings. The van der Waals surface area contributed by atoms with Gasteiger partial charge in [0.05, 0.1) is 11.3 Å². The molecule has 2 aromatic heterocycles. The number of hydrogen-bond acceptors (Lipinski definition) is 4. The van der Waals surface area contributed by atoms with E-state index in [1.165, 1.54) is 0 Å². The first-order chi connectivity index (χ1) is 12.5. The van der Waals surface area contributed by atoms with Crippen LogP contribution in [0.2, 0.25) is 0 Å². The summed E-state index contributed by atoms with van der Waals surface area (Å²) in [6, 6.07) is 8.54. The van der Waals surface area contributed by atoms with Gasteiger partial charge in [0.25, 0.3) is 11.8 Å². The second-order valence-corrected chi connectivity index (χ2v) is 5.84. The fourth-order valence-corrected chi connectivity index (χ4v) is 2.47. The zero-order valence-electron chi connectivity index (χ0n) is 14.9. The summed E-state index contributed by atoms with van der Waals surface area (Å²) in [7, 11) is 1.75. The van der Waals surface area contributed by atoms with Gasteiger partial charge in [-0.2, -0.15) is 10.2 Å². The number of carbonyl (C=O) groups excluding carboxylic acids is 2. The fraction of sp³-hybridized carbons (Fsp3) is 0.222. The number of anilines is 2. The molecule has 134 valence electrons. The van der Waals surface area contributed by atoms with Gasteiger partial charge >= 0.3 is 0 Å². The highest BCUT2D eigenvalue weighted by Gasteiger charge is 2.13. The Morgan fingerprint density at radius 2 is 1.62 bits per heavy atom. The first kappa shape index (κ1) is 17.4. The Hall–Kier alpha value is -3.42. The van der Waals surface area contributed by atoms with Crippen molar-refractivity contribution in [3.63, 3.8) is 0 Å². The van der Waals surface area contributed by atoms with Crippen LogP contribution >= 0.6 is 0 Å². The highest BCUT2D eigenvalue weighted by Crippen LogP contribution is 2.16. The van der Waals surface area contributed by atoms with Crippen molar-refractivity contribution in [3.05, 3.63) is 59.7 Å². The number of carbonyl (C=O) groups is 2. The number of nitrogens with one attached hydrogen (secondary N) is 2. The van der Waals surface area contributed by atoms with Gasteiger partial charge in [0.1, 0.15) is 0 Å². The van der Waals surface area contributed by atoms with Gasteiger partial charge in [-0.3, -0.25) is 19.0 Å². The molecule has 0 atom stereocenters. The minimum Gasteiger partial charge on any atom is -0.322 e. The van der Waals surface area contributed by atoms with Gasteiger partial charge in [-0.15, -0.1) is 0 Å². The van der Waals surface area contributed by atoms with Gasteiger partial charge in [-0.05, 0) is 44.2 Å². The van der Waals surface area contributed by atoms with Crippen LogP contribution in [0, 0.1) is 6.92 Å². The number of hydrogen-bond donors (Lipinski definition) is 2. The molecule has 8 nitrogen and oxygen atoms in total. The number of rotatable bonds is 5. The van der Waals surface area contributed by atoms with Crippen LogP contribution in [0.15, 0.2) is 42.7 Å². The Kier molecular flexibility index (Phi) is 4.83. The molecule has 0 saturated heterocycles. The van der Waals surface area contributed by atoms with Crippen molar-refractivity contribution in [3.8, 4) is 0 Å².